The zero-order chi connectivity index (χ0) is 20.6. The summed E-state index contributed by atoms with van der Waals surface area (Å²) in [5.41, 5.74) is 3.16. The molecule has 0 radical (unpaired) electrons. The Labute approximate surface area is 179 Å². The zero-order valence-corrected chi connectivity index (χ0v) is 17.0. The number of nitrogens with zero attached hydrogens (tertiary/aromatic N) is 3. The van der Waals surface area contributed by atoms with Gasteiger partial charge in [-0.1, -0.05) is 72.4 Å². The lowest BCUT2D eigenvalue weighted by atomic mass is 9.99. The Morgan fingerprint density at radius 3 is 2.40 bits per heavy atom. The summed E-state index contributed by atoms with van der Waals surface area (Å²) in [6.07, 6.45) is 4.14. The van der Waals surface area contributed by atoms with Gasteiger partial charge in [-0.3, -0.25) is 14.9 Å². The van der Waals surface area contributed by atoms with E-state index in [0.717, 1.165) is 17.5 Å². The molecule has 30 heavy (non-hydrogen) atoms. The van der Waals surface area contributed by atoms with E-state index >= 15 is 0 Å². The Morgan fingerprint density at radius 2 is 1.67 bits per heavy atom. The molecule has 0 unspecified atom stereocenters. The van der Waals surface area contributed by atoms with Crippen molar-refractivity contribution in [3.8, 4) is 11.4 Å². The molecule has 0 saturated heterocycles. The number of hydrogen-bond donors (Lipinski definition) is 2. The molecule has 4 rings (SSSR count). The molecule has 150 valence electrons. The summed E-state index contributed by atoms with van der Waals surface area (Å²) in [4.78, 5) is 21.1. The van der Waals surface area contributed by atoms with E-state index in [-0.39, 0.29) is 17.7 Å². The second kappa shape index (κ2) is 9.84. The van der Waals surface area contributed by atoms with Crippen LogP contribution < -0.4 is 5.32 Å². The molecular weight excluding hydrogens is 394 g/mol. The van der Waals surface area contributed by atoms with Crippen LogP contribution in [0.1, 0.15) is 17.2 Å². The molecule has 1 atom stereocenters. The molecule has 7 heteroatoms. The second-order valence-corrected chi connectivity index (χ2v) is 7.65. The highest BCUT2D eigenvalue weighted by atomic mass is 32.2. The maximum atomic E-state index is 12.7. The van der Waals surface area contributed by atoms with Gasteiger partial charge in [0.2, 0.25) is 11.1 Å². The lowest BCUT2D eigenvalue weighted by Gasteiger charge is -2.19. The molecule has 2 aromatic heterocycles. The van der Waals surface area contributed by atoms with E-state index in [4.69, 9.17) is 0 Å². The van der Waals surface area contributed by atoms with Crippen molar-refractivity contribution in [1.82, 2.24) is 25.5 Å². The summed E-state index contributed by atoms with van der Waals surface area (Å²) >= 11 is 1.31. The van der Waals surface area contributed by atoms with Crippen LogP contribution in [0.3, 0.4) is 0 Å². The largest absolute Gasteiger partial charge is 0.348 e. The van der Waals surface area contributed by atoms with E-state index in [1.807, 2.05) is 60.7 Å². The number of hydrogen-bond acceptors (Lipinski definition) is 5. The molecule has 4 aromatic rings. The highest BCUT2D eigenvalue weighted by Crippen LogP contribution is 2.21. The summed E-state index contributed by atoms with van der Waals surface area (Å²) in [6, 6.07) is 23.8. The van der Waals surface area contributed by atoms with Gasteiger partial charge in [-0.25, -0.2) is 4.98 Å². The van der Waals surface area contributed by atoms with Crippen LogP contribution in [0.15, 0.2) is 90.3 Å². The molecule has 2 heterocycles. The number of aromatic amines is 1. The Kier molecular flexibility index (Phi) is 6.51. The van der Waals surface area contributed by atoms with E-state index < -0.39 is 0 Å². The fourth-order valence-electron chi connectivity index (χ4n) is 3.10. The summed E-state index contributed by atoms with van der Waals surface area (Å²) in [5, 5.41) is 10.8. The quantitative estimate of drug-likeness (QED) is 0.424. The molecular formula is C23H21N5OS. The lowest BCUT2D eigenvalue weighted by Crippen LogP contribution is -2.31. The normalized spacial score (nSPS) is 11.7. The molecule has 2 aromatic carbocycles. The van der Waals surface area contributed by atoms with Crippen LogP contribution in [0.2, 0.25) is 0 Å². The minimum atomic E-state index is -0.0961. The molecule has 0 aliphatic rings. The molecule has 0 bridgehead atoms. The van der Waals surface area contributed by atoms with Crippen LogP contribution in [0, 0.1) is 0 Å². The molecule has 0 saturated carbocycles. The summed E-state index contributed by atoms with van der Waals surface area (Å²) in [6.45, 7) is 0. The van der Waals surface area contributed by atoms with Crippen molar-refractivity contribution in [3.05, 3.63) is 96.3 Å². The van der Waals surface area contributed by atoms with Crippen molar-refractivity contribution < 1.29 is 4.79 Å². The van der Waals surface area contributed by atoms with Crippen LogP contribution in [0.25, 0.3) is 11.4 Å². The minimum absolute atomic E-state index is 0.0555. The summed E-state index contributed by atoms with van der Waals surface area (Å²) in [7, 11) is 0. The lowest BCUT2D eigenvalue weighted by molar-refractivity contribution is -0.119. The Morgan fingerprint density at radius 1 is 0.967 bits per heavy atom. The van der Waals surface area contributed by atoms with Crippen LogP contribution in [0.5, 0.6) is 0 Å². The van der Waals surface area contributed by atoms with Crippen molar-refractivity contribution in [3.63, 3.8) is 0 Å². The zero-order valence-electron chi connectivity index (χ0n) is 16.2. The molecule has 0 aliphatic carbocycles. The number of carbonyl (C=O) groups excluding carboxylic acids is 1. The van der Waals surface area contributed by atoms with Gasteiger partial charge < -0.3 is 5.32 Å². The van der Waals surface area contributed by atoms with Gasteiger partial charge in [0.05, 0.1) is 11.8 Å². The third-order valence-corrected chi connectivity index (χ3v) is 5.42. The number of nitrogens with one attached hydrogen (secondary N) is 2. The first-order valence-corrected chi connectivity index (χ1v) is 10.6. The van der Waals surface area contributed by atoms with Crippen molar-refractivity contribution in [2.75, 3.05) is 5.75 Å². The summed E-state index contributed by atoms with van der Waals surface area (Å²) in [5.74, 6) is 0.845. The number of amides is 1. The van der Waals surface area contributed by atoms with Gasteiger partial charge in [0.15, 0.2) is 5.82 Å². The topological polar surface area (TPSA) is 83.6 Å². The molecule has 6 nitrogen and oxygen atoms in total. The number of rotatable bonds is 8. The fraction of sp³-hybridized carbons (Fsp3) is 0.130. The highest BCUT2D eigenvalue weighted by Gasteiger charge is 2.16. The van der Waals surface area contributed by atoms with Gasteiger partial charge in [0.1, 0.15) is 0 Å². The first-order valence-electron chi connectivity index (χ1n) is 9.62. The molecule has 0 aliphatic heterocycles. The molecule has 0 spiro atoms. The van der Waals surface area contributed by atoms with Crippen LogP contribution in [0.4, 0.5) is 0 Å². The van der Waals surface area contributed by atoms with E-state index in [0.29, 0.717) is 11.0 Å². The number of carbonyl (C=O) groups is 1. The van der Waals surface area contributed by atoms with Crippen LogP contribution in [-0.4, -0.2) is 31.8 Å². The molecule has 0 fully saturated rings. The first-order chi connectivity index (χ1) is 14.8. The van der Waals surface area contributed by atoms with Gasteiger partial charge in [-0.05, 0) is 29.7 Å². The number of benzene rings is 2. The predicted molar refractivity (Wildman–Crippen MR) is 118 cm³/mol. The smallest absolute Gasteiger partial charge is 0.230 e. The van der Waals surface area contributed by atoms with Crippen molar-refractivity contribution >= 4 is 17.7 Å². The SMILES string of the molecule is O=C(CSc1n[nH]c(-c2ccncc2)n1)N[C@@H](Cc1ccccc1)c1ccccc1. The monoisotopic (exact) mass is 415 g/mol. The molecule has 2 N–H and O–H groups in total. The number of aromatic nitrogens is 4. The van der Waals surface area contributed by atoms with E-state index in [2.05, 4.69) is 37.6 Å². The third-order valence-electron chi connectivity index (χ3n) is 4.57. The maximum Gasteiger partial charge on any atom is 0.230 e. The van der Waals surface area contributed by atoms with Crippen molar-refractivity contribution in [1.29, 1.82) is 0 Å². The number of H-pyrrole nitrogens is 1. The predicted octanol–water partition coefficient (Wildman–Crippen LogP) is 4.06. The number of thioether (sulfide) groups is 1. The van der Waals surface area contributed by atoms with Crippen molar-refractivity contribution in [2.45, 2.75) is 17.6 Å². The highest BCUT2D eigenvalue weighted by molar-refractivity contribution is 7.99. The number of pyridine rings is 1. The van der Waals surface area contributed by atoms with Gasteiger partial charge in [0, 0.05) is 18.0 Å². The fourth-order valence-corrected chi connectivity index (χ4v) is 3.71. The standard InChI is InChI=1S/C23H21N5OS/c29-21(16-30-23-26-22(27-28-23)19-11-13-24-14-12-19)25-20(18-9-5-2-6-10-18)15-17-7-3-1-4-8-17/h1-14,20H,15-16H2,(H,25,29)(H,26,27,28)/t20-/m0/s1. The second-order valence-electron chi connectivity index (χ2n) is 6.71. The average molecular weight is 416 g/mol. The van der Waals surface area contributed by atoms with E-state index in [9.17, 15) is 4.79 Å². The average Bonchev–Trinajstić information content (AvgIpc) is 3.28. The minimum Gasteiger partial charge on any atom is -0.348 e. The Balaban J connectivity index is 1.39. The molecule has 1 amide bonds. The Hall–Kier alpha value is -3.45. The van der Waals surface area contributed by atoms with Gasteiger partial charge in [-0.2, -0.15) is 0 Å². The van der Waals surface area contributed by atoms with E-state index in [1.165, 1.54) is 17.3 Å². The van der Waals surface area contributed by atoms with Gasteiger partial charge >= 0.3 is 0 Å². The van der Waals surface area contributed by atoms with Crippen LogP contribution in [-0.2, 0) is 11.2 Å². The maximum absolute atomic E-state index is 12.7. The van der Waals surface area contributed by atoms with Gasteiger partial charge in [0.25, 0.3) is 0 Å². The third kappa shape index (κ3) is 5.33. The Bertz CT molecular complexity index is 1070. The van der Waals surface area contributed by atoms with Crippen molar-refractivity contribution in [2.24, 2.45) is 0 Å². The first kappa shape index (κ1) is 19.8. The summed E-state index contributed by atoms with van der Waals surface area (Å²) < 4.78 is 0. The van der Waals surface area contributed by atoms with E-state index in [1.54, 1.807) is 12.4 Å². The van der Waals surface area contributed by atoms with Crippen LogP contribution >= 0.6 is 11.8 Å². The van der Waals surface area contributed by atoms with Gasteiger partial charge in [-0.15, -0.1) is 5.10 Å².